The SMILES string of the molecule is CC(C)C1CCCCC1.CNS(=O)[O-].[Ar]. The molecule has 1 aliphatic rings. The molecule has 0 aromatic rings. The summed E-state index contributed by atoms with van der Waals surface area (Å²) in [4.78, 5) is 0. The maximum atomic E-state index is 9.26. The molecule has 1 atom stereocenters. The van der Waals surface area contributed by atoms with Gasteiger partial charge in [-0.3, -0.25) is 8.93 Å². The number of hydrogen-bond acceptors (Lipinski definition) is 2. The Kier molecular flexibility index (Phi) is 14.7. The standard InChI is InChI=1S/C9H18.CH5NO2S.Ar/c1-8(2)9-6-4-3-5-7-9;1-2-5(3)4;/h8-9H,3-7H2,1-2H3;2H,1H3,(H,3,4);/p-1. The quantitative estimate of drug-likeness (QED) is 0.774. The molecule has 5 heteroatoms. The van der Waals surface area contributed by atoms with Gasteiger partial charge in [0.1, 0.15) is 0 Å². The van der Waals surface area contributed by atoms with Gasteiger partial charge in [0.05, 0.1) is 0 Å². The molecule has 1 aliphatic carbocycles. The molecule has 0 aromatic heterocycles. The van der Waals surface area contributed by atoms with Gasteiger partial charge in [-0.05, 0) is 18.9 Å². The van der Waals surface area contributed by atoms with E-state index in [0.717, 1.165) is 11.8 Å². The van der Waals surface area contributed by atoms with E-state index in [1.54, 1.807) is 0 Å². The van der Waals surface area contributed by atoms with Gasteiger partial charge in [0.2, 0.25) is 0 Å². The third-order valence-corrected chi connectivity index (χ3v) is 3.09. The predicted octanol–water partition coefficient (Wildman–Crippen LogP) is 2.22. The largest absolute Gasteiger partial charge is 0.760 e. The maximum Gasteiger partial charge on any atom is 0.0178 e. The smallest absolute Gasteiger partial charge is 0.0178 e. The van der Waals surface area contributed by atoms with Crippen LogP contribution in [0, 0.1) is 49.6 Å². The van der Waals surface area contributed by atoms with Crippen LogP contribution in [0.5, 0.6) is 0 Å². The fraction of sp³-hybridized carbons (Fsp3) is 1.00. The second kappa shape index (κ2) is 11.8. The molecule has 0 bridgehead atoms. The fourth-order valence-electron chi connectivity index (χ4n) is 1.80. The van der Waals surface area contributed by atoms with Crippen LogP contribution in [0.3, 0.4) is 0 Å². The maximum absolute atomic E-state index is 9.26. The zero-order chi connectivity index (χ0) is 11.0. The van der Waals surface area contributed by atoms with E-state index in [2.05, 4.69) is 13.8 Å². The number of rotatable bonds is 2. The van der Waals surface area contributed by atoms with Gasteiger partial charge < -0.3 is 4.55 Å². The molecule has 1 N–H and O–H groups in total. The van der Waals surface area contributed by atoms with Crippen LogP contribution in [0.4, 0.5) is 0 Å². The van der Waals surface area contributed by atoms with Gasteiger partial charge in [0, 0.05) is 49.0 Å². The van der Waals surface area contributed by atoms with Gasteiger partial charge in [0.25, 0.3) is 0 Å². The molecule has 0 aromatic carbocycles. The monoisotopic (exact) mass is 260 g/mol. The average molecular weight is 260 g/mol. The van der Waals surface area contributed by atoms with Crippen molar-refractivity contribution in [3.05, 3.63) is 0 Å². The summed E-state index contributed by atoms with van der Waals surface area (Å²) in [5, 5.41) is 0. The molecular formula is C10H22ArNO2S-. The molecule has 0 spiro atoms. The molecule has 0 saturated heterocycles. The molecule has 0 radical (unpaired) electrons. The molecule has 0 heterocycles. The first-order valence-electron chi connectivity index (χ1n) is 5.34. The van der Waals surface area contributed by atoms with E-state index in [1.807, 2.05) is 4.72 Å². The normalized spacial score (nSPS) is 18.7. The molecule has 0 aliphatic heterocycles. The molecule has 0 amide bonds. The van der Waals surface area contributed by atoms with Crippen LogP contribution in [0.25, 0.3) is 0 Å². The second-order valence-electron chi connectivity index (χ2n) is 4.08. The van der Waals surface area contributed by atoms with E-state index < -0.39 is 11.3 Å². The summed E-state index contributed by atoms with van der Waals surface area (Å²) in [6, 6.07) is 0. The molecule has 15 heavy (non-hydrogen) atoms. The Morgan fingerprint density at radius 3 is 1.87 bits per heavy atom. The molecule has 1 rings (SSSR count). The van der Waals surface area contributed by atoms with Gasteiger partial charge in [-0.2, -0.15) is 0 Å². The van der Waals surface area contributed by atoms with Crippen molar-refractivity contribution in [3.63, 3.8) is 0 Å². The molecule has 3 nitrogen and oxygen atoms in total. The average Bonchev–Trinajstić information content (AvgIpc) is 2.20. The van der Waals surface area contributed by atoms with Crippen LogP contribution < -0.4 is 4.72 Å². The van der Waals surface area contributed by atoms with Crippen LogP contribution in [0.15, 0.2) is 0 Å². The van der Waals surface area contributed by atoms with Gasteiger partial charge in [-0.1, -0.05) is 46.0 Å². The van der Waals surface area contributed by atoms with Crippen LogP contribution in [0.2, 0.25) is 0 Å². The minimum atomic E-state index is -2.07. The number of nitrogens with one attached hydrogen (secondary N) is 1. The first kappa shape index (κ1) is 18.7. The van der Waals surface area contributed by atoms with Gasteiger partial charge in [-0.15, -0.1) is 0 Å². The van der Waals surface area contributed by atoms with Crippen molar-refractivity contribution in [2.24, 2.45) is 11.8 Å². The number of hydrogen-bond donors (Lipinski definition) is 1. The van der Waals surface area contributed by atoms with Crippen molar-refractivity contribution in [3.8, 4) is 0 Å². The second-order valence-corrected chi connectivity index (χ2v) is 4.96. The minimum absolute atomic E-state index is 0. The predicted molar refractivity (Wildman–Crippen MR) is 59.4 cm³/mol. The third kappa shape index (κ3) is 11.6. The van der Waals surface area contributed by atoms with Crippen LogP contribution in [-0.4, -0.2) is 15.8 Å². The van der Waals surface area contributed by atoms with E-state index in [4.69, 9.17) is 0 Å². The molecule has 94 valence electrons. The van der Waals surface area contributed by atoms with Crippen molar-refractivity contribution in [1.82, 2.24) is 4.72 Å². The molecule has 1 fully saturated rings. The topological polar surface area (TPSA) is 52.2 Å². The Bertz CT molecular complexity index is 162. The zero-order valence-corrected chi connectivity index (χ0v) is 11.3. The van der Waals surface area contributed by atoms with Gasteiger partial charge in [-0.25, -0.2) is 0 Å². The Labute approximate surface area is 126 Å². The zero-order valence-electron chi connectivity index (χ0n) is 9.77. The third-order valence-electron chi connectivity index (χ3n) is 2.76. The first-order valence-corrected chi connectivity index (χ1v) is 6.42. The van der Waals surface area contributed by atoms with Crippen molar-refractivity contribution in [2.75, 3.05) is 7.05 Å². The van der Waals surface area contributed by atoms with Crippen molar-refractivity contribution in [1.29, 1.82) is 0 Å². The van der Waals surface area contributed by atoms with Gasteiger partial charge in [0.15, 0.2) is 0 Å². The summed E-state index contributed by atoms with van der Waals surface area (Å²) in [5.41, 5.74) is 0. The van der Waals surface area contributed by atoms with E-state index in [1.165, 1.54) is 39.2 Å². The van der Waals surface area contributed by atoms with E-state index in [9.17, 15) is 8.76 Å². The summed E-state index contributed by atoms with van der Waals surface area (Å²) in [6.45, 7) is 4.71. The van der Waals surface area contributed by atoms with E-state index in [-0.39, 0.29) is 37.7 Å². The minimum Gasteiger partial charge on any atom is -0.760 e. The summed E-state index contributed by atoms with van der Waals surface area (Å²) < 4.78 is 20.5. The summed E-state index contributed by atoms with van der Waals surface area (Å²) in [7, 11) is 1.34. The van der Waals surface area contributed by atoms with Crippen LogP contribution >= 0.6 is 0 Å². The fourth-order valence-corrected chi connectivity index (χ4v) is 1.80. The summed E-state index contributed by atoms with van der Waals surface area (Å²) in [6.07, 6.45) is 7.46. The molecule has 1 unspecified atom stereocenters. The Morgan fingerprint density at radius 1 is 1.27 bits per heavy atom. The molecular weight excluding hydrogens is 238 g/mol. The van der Waals surface area contributed by atoms with E-state index in [0.29, 0.717) is 0 Å². The van der Waals surface area contributed by atoms with Crippen molar-refractivity contribution in [2.45, 2.75) is 46.0 Å². The van der Waals surface area contributed by atoms with Crippen molar-refractivity contribution < 1.29 is 46.5 Å². The molecule has 1 saturated carbocycles. The van der Waals surface area contributed by atoms with Crippen LogP contribution in [-0.2, 0) is 11.3 Å². The van der Waals surface area contributed by atoms with Gasteiger partial charge >= 0.3 is 0 Å². The summed E-state index contributed by atoms with van der Waals surface area (Å²) in [5.74, 6) is 1.99. The van der Waals surface area contributed by atoms with Crippen molar-refractivity contribution >= 4 is 11.3 Å². The Hall–Kier alpha value is 1.33. The first-order chi connectivity index (χ1) is 6.57. The Morgan fingerprint density at radius 2 is 1.67 bits per heavy atom. The summed E-state index contributed by atoms with van der Waals surface area (Å²) >= 11 is -2.07. The Balaban J connectivity index is 0. The van der Waals surface area contributed by atoms with Crippen LogP contribution in [0.1, 0.15) is 46.0 Å². The van der Waals surface area contributed by atoms with E-state index >= 15 is 0 Å².